The highest BCUT2D eigenvalue weighted by molar-refractivity contribution is 5.06. The maximum atomic E-state index is 4.18. The molecular formula is C11H20N2. The summed E-state index contributed by atoms with van der Waals surface area (Å²) in [6, 6.07) is 0. The minimum atomic E-state index is 0.414. The first-order valence-corrected chi connectivity index (χ1v) is 5.01. The molecule has 0 atom stereocenters. The Morgan fingerprint density at radius 1 is 1.46 bits per heavy atom. The minimum Gasteiger partial charge on any atom is -0.276 e. The molecule has 0 amide bonds. The van der Waals surface area contributed by atoms with Gasteiger partial charge in [-0.05, 0) is 23.8 Å². The lowest BCUT2D eigenvalue weighted by atomic mass is 9.83. The second-order valence-electron chi connectivity index (χ2n) is 4.61. The molecule has 0 saturated heterocycles. The van der Waals surface area contributed by atoms with E-state index in [0.717, 1.165) is 6.42 Å². The first-order valence-electron chi connectivity index (χ1n) is 5.01. The van der Waals surface area contributed by atoms with Crippen LogP contribution in [-0.4, -0.2) is 9.78 Å². The van der Waals surface area contributed by atoms with E-state index in [1.165, 1.54) is 18.4 Å². The standard InChI is InChI=1S/C11H20N2/c1-5-6-11(2,3)7-10-8-12-13(4)9-10/h8-9H,5-7H2,1-4H3. The van der Waals surface area contributed by atoms with E-state index in [1.807, 2.05) is 17.9 Å². The van der Waals surface area contributed by atoms with Gasteiger partial charge < -0.3 is 0 Å². The molecule has 0 radical (unpaired) electrons. The summed E-state index contributed by atoms with van der Waals surface area (Å²) >= 11 is 0. The molecule has 0 unspecified atom stereocenters. The molecule has 0 bridgehead atoms. The zero-order valence-corrected chi connectivity index (χ0v) is 9.17. The lowest BCUT2D eigenvalue weighted by Crippen LogP contribution is -2.14. The smallest absolute Gasteiger partial charge is 0.0521 e. The molecule has 0 saturated carbocycles. The fraction of sp³-hybridized carbons (Fsp3) is 0.727. The predicted molar refractivity (Wildman–Crippen MR) is 55.6 cm³/mol. The molecule has 13 heavy (non-hydrogen) atoms. The van der Waals surface area contributed by atoms with Crippen LogP contribution in [0, 0.1) is 5.41 Å². The maximum Gasteiger partial charge on any atom is 0.0521 e. The van der Waals surface area contributed by atoms with Crippen LogP contribution in [0.4, 0.5) is 0 Å². The van der Waals surface area contributed by atoms with E-state index in [0.29, 0.717) is 5.41 Å². The van der Waals surface area contributed by atoms with Crippen molar-refractivity contribution in [1.82, 2.24) is 9.78 Å². The largest absolute Gasteiger partial charge is 0.276 e. The Hall–Kier alpha value is -0.790. The molecule has 0 aromatic carbocycles. The van der Waals surface area contributed by atoms with Crippen LogP contribution < -0.4 is 0 Å². The third-order valence-electron chi connectivity index (χ3n) is 2.37. The molecule has 0 aliphatic rings. The maximum absolute atomic E-state index is 4.18. The van der Waals surface area contributed by atoms with Crippen molar-refractivity contribution in [1.29, 1.82) is 0 Å². The van der Waals surface area contributed by atoms with E-state index in [4.69, 9.17) is 0 Å². The van der Waals surface area contributed by atoms with Crippen molar-refractivity contribution in [2.45, 2.75) is 40.0 Å². The number of rotatable bonds is 4. The number of hydrogen-bond acceptors (Lipinski definition) is 1. The van der Waals surface area contributed by atoms with Gasteiger partial charge in [0.1, 0.15) is 0 Å². The van der Waals surface area contributed by atoms with Gasteiger partial charge in [0, 0.05) is 13.2 Å². The molecule has 1 aromatic heterocycles. The van der Waals surface area contributed by atoms with Gasteiger partial charge in [0.15, 0.2) is 0 Å². The minimum absolute atomic E-state index is 0.414. The van der Waals surface area contributed by atoms with Crippen LogP contribution in [0.5, 0.6) is 0 Å². The van der Waals surface area contributed by atoms with Crippen molar-refractivity contribution in [3.63, 3.8) is 0 Å². The van der Waals surface area contributed by atoms with E-state index in [9.17, 15) is 0 Å². The van der Waals surface area contributed by atoms with Gasteiger partial charge >= 0.3 is 0 Å². The van der Waals surface area contributed by atoms with Gasteiger partial charge in [-0.15, -0.1) is 0 Å². The topological polar surface area (TPSA) is 17.8 Å². The van der Waals surface area contributed by atoms with Crippen LogP contribution in [-0.2, 0) is 13.5 Å². The van der Waals surface area contributed by atoms with Crippen molar-refractivity contribution in [3.05, 3.63) is 18.0 Å². The summed E-state index contributed by atoms with van der Waals surface area (Å²) in [5, 5.41) is 4.18. The van der Waals surface area contributed by atoms with Crippen LogP contribution >= 0.6 is 0 Å². The zero-order chi connectivity index (χ0) is 9.90. The Morgan fingerprint density at radius 2 is 2.15 bits per heavy atom. The Morgan fingerprint density at radius 3 is 2.62 bits per heavy atom. The van der Waals surface area contributed by atoms with Crippen LogP contribution in [0.25, 0.3) is 0 Å². The Kier molecular flexibility index (Phi) is 3.12. The lowest BCUT2D eigenvalue weighted by Gasteiger charge is -2.22. The molecule has 1 aromatic rings. The number of aromatic nitrogens is 2. The van der Waals surface area contributed by atoms with Gasteiger partial charge in [0.25, 0.3) is 0 Å². The summed E-state index contributed by atoms with van der Waals surface area (Å²) in [6.45, 7) is 6.89. The van der Waals surface area contributed by atoms with E-state index in [2.05, 4.69) is 32.1 Å². The average molecular weight is 180 g/mol. The molecule has 2 nitrogen and oxygen atoms in total. The van der Waals surface area contributed by atoms with Gasteiger partial charge in [-0.2, -0.15) is 5.10 Å². The van der Waals surface area contributed by atoms with Gasteiger partial charge in [0.05, 0.1) is 6.20 Å². The van der Waals surface area contributed by atoms with Crippen molar-refractivity contribution in [3.8, 4) is 0 Å². The van der Waals surface area contributed by atoms with Crippen LogP contribution in [0.3, 0.4) is 0 Å². The fourth-order valence-electron chi connectivity index (χ4n) is 1.88. The van der Waals surface area contributed by atoms with Gasteiger partial charge in [-0.25, -0.2) is 0 Å². The van der Waals surface area contributed by atoms with Crippen molar-refractivity contribution in [2.75, 3.05) is 0 Å². The highest BCUT2D eigenvalue weighted by Gasteiger charge is 2.17. The predicted octanol–water partition coefficient (Wildman–Crippen LogP) is 2.79. The highest BCUT2D eigenvalue weighted by Crippen LogP contribution is 2.26. The molecular weight excluding hydrogens is 160 g/mol. The normalized spacial score (nSPS) is 12.0. The molecule has 1 rings (SSSR count). The zero-order valence-electron chi connectivity index (χ0n) is 9.17. The molecule has 0 aliphatic heterocycles. The summed E-state index contributed by atoms with van der Waals surface area (Å²) in [5.41, 5.74) is 1.76. The Balaban J connectivity index is 2.57. The van der Waals surface area contributed by atoms with E-state index < -0.39 is 0 Å². The van der Waals surface area contributed by atoms with Crippen LogP contribution in [0.15, 0.2) is 12.4 Å². The van der Waals surface area contributed by atoms with Gasteiger partial charge in [-0.1, -0.05) is 27.2 Å². The van der Waals surface area contributed by atoms with Gasteiger partial charge in [0.2, 0.25) is 0 Å². The van der Waals surface area contributed by atoms with E-state index >= 15 is 0 Å². The first kappa shape index (κ1) is 10.3. The summed E-state index contributed by atoms with van der Waals surface area (Å²) in [7, 11) is 1.97. The van der Waals surface area contributed by atoms with Crippen LogP contribution in [0.1, 0.15) is 39.2 Å². The quantitative estimate of drug-likeness (QED) is 0.696. The molecule has 0 fully saturated rings. The molecule has 0 spiro atoms. The SMILES string of the molecule is CCCC(C)(C)Cc1cnn(C)c1. The second kappa shape index (κ2) is 3.95. The summed E-state index contributed by atoms with van der Waals surface area (Å²) in [5.74, 6) is 0. The second-order valence-corrected chi connectivity index (χ2v) is 4.61. The van der Waals surface area contributed by atoms with Crippen LogP contribution in [0.2, 0.25) is 0 Å². The molecule has 0 aliphatic carbocycles. The third kappa shape index (κ3) is 3.21. The fourth-order valence-corrected chi connectivity index (χ4v) is 1.88. The highest BCUT2D eigenvalue weighted by atomic mass is 15.2. The third-order valence-corrected chi connectivity index (χ3v) is 2.37. The summed E-state index contributed by atoms with van der Waals surface area (Å²) < 4.78 is 1.87. The lowest BCUT2D eigenvalue weighted by molar-refractivity contribution is 0.329. The number of hydrogen-bond donors (Lipinski definition) is 0. The average Bonchev–Trinajstić information content (AvgIpc) is 2.34. The molecule has 74 valence electrons. The monoisotopic (exact) mass is 180 g/mol. The first-order chi connectivity index (χ1) is 6.03. The van der Waals surface area contributed by atoms with Gasteiger partial charge in [-0.3, -0.25) is 4.68 Å². The number of aryl methyl sites for hydroxylation is 1. The van der Waals surface area contributed by atoms with Crippen molar-refractivity contribution in [2.24, 2.45) is 12.5 Å². The molecule has 1 heterocycles. The summed E-state index contributed by atoms with van der Waals surface area (Å²) in [6.07, 6.45) is 7.75. The Bertz CT molecular complexity index is 261. The Labute approximate surface area is 81.0 Å². The van der Waals surface area contributed by atoms with E-state index in [-0.39, 0.29) is 0 Å². The summed E-state index contributed by atoms with van der Waals surface area (Å²) in [4.78, 5) is 0. The van der Waals surface area contributed by atoms with E-state index in [1.54, 1.807) is 0 Å². The molecule has 2 heteroatoms. The number of nitrogens with zero attached hydrogens (tertiary/aromatic N) is 2. The van der Waals surface area contributed by atoms with Crippen molar-refractivity contribution < 1.29 is 0 Å². The van der Waals surface area contributed by atoms with Crippen molar-refractivity contribution >= 4 is 0 Å². The molecule has 0 N–H and O–H groups in total.